The Morgan fingerprint density at radius 3 is 2.56 bits per heavy atom. The molecule has 1 amide bonds. The molecule has 0 aliphatic rings. The quantitative estimate of drug-likeness (QED) is 0.740. The number of aromatic nitrogens is 2. The van der Waals surface area contributed by atoms with Crippen LogP contribution in [0.5, 0.6) is 0 Å². The van der Waals surface area contributed by atoms with Gasteiger partial charge in [-0.25, -0.2) is 4.68 Å². The second-order valence-corrected chi connectivity index (χ2v) is 5.96. The highest BCUT2D eigenvalue weighted by atomic mass is 16.3. The lowest BCUT2D eigenvalue weighted by Crippen LogP contribution is -2.34. The van der Waals surface area contributed by atoms with Gasteiger partial charge in [-0.3, -0.25) is 9.59 Å². The van der Waals surface area contributed by atoms with Crippen LogP contribution in [0.2, 0.25) is 0 Å². The summed E-state index contributed by atoms with van der Waals surface area (Å²) in [7, 11) is 0. The molecular weight excluding hydrogens is 322 g/mol. The zero-order valence-electron chi connectivity index (χ0n) is 14.0. The molecule has 3 aromatic rings. The molecule has 1 aromatic carbocycles. The van der Waals surface area contributed by atoms with E-state index in [0.717, 1.165) is 0 Å². The number of nitrogens with zero attached hydrogens (tertiary/aromatic N) is 2. The minimum atomic E-state index is -0.692. The maximum Gasteiger partial charge on any atom is 0.274 e. The second-order valence-electron chi connectivity index (χ2n) is 5.96. The van der Waals surface area contributed by atoms with E-state index >= 15 is 0 Å². The Hall–Kier alpha value is -2.93. The average molecular weight is 341 g/mol. The van der Waals surface area contributed by atoms with Crippen LogP contribution >= 0.6 is 0 Å². The van der Waals surface area contributed by atoms with E-state index in [0.29, 0.717) is 16.5 Å². The van der Waals surface area contributed by atoms with Crippen molar-refractivity contribution in [3.05, 3.63) is 64.5 Å². The van der Waals surface area contributed by atoms with Gasteiger partial charge in [0.2, 0.25) is 0 Å². The van der Waals surface area contributed by atoms with E-state index in [4.69, 9.17) is 4.42 Å². The molecule has 0 aliphatic heterocycles. The van der Waals surface area contributed by atoms with Crippen molar-refractivity contribution in [3.63, 3.8) is 0 Å². The Morgan fingerprint density at radius 2 is 1.96 bits per heavy atom. The molecule has 2 N–H and O–H groups in total. The first-order valence-corrected chi connectivity index (χ1v) is 7.99. The summed E-state index contributed by atoms with van der Waals surface area (Å²) in [6, 6.07) is 9.31. The Labute approximate surface area is 143 Å². The van der Waals surface area contributed by atoms with Gasteiger partial charge in [-0.1, -0.05) is 18.2 Å². The van der Waals surface area contributed by atoms with Crippen LogP contribution in [0.15, 0.2) is 51.9 Å². The molecule has 0 fully saturated rings. The van der Waals surface area contributed by atoms with Crippen molar-refractivity contribution in [3.8, 4) is 0 Å². The van der Waals surface area contributed by atoms with Gasteiger partial charge in [-0.05, 0) is 32.0 Å². The van der Waals surface area contributed by atoms with Gasteiger partial charge in [0.05, 0.1) is 24.3 Å². The van der Waals surface area contributed by atoms with Gasteiger partial charge in [0.15, 0.2) is 5.69 Å². The van der Waals surface area contributed by atoms with Crippen LogP contribution < -0.4 is 10.9 Å². The first-order valence-electron chi connectivity index (χ1n) is 7.99. The summed E-state index contributed by atoms with van der Waals surface area (Å²) in [5, 5.41) is 17.4. The number of aliphatic hydroxyl groups excluding tert-OH is 1. The predicted molar refractivity (Wildman–Crippen MR) is 92.4 cm³/mol. The highest BCUT2D eigenvalue weighted by Gasteiger charge is 2.22. The van der Waals surface area contributed by atoms with E-state index in [1.807, 2.05) is 13.8 Å². The van der Waals surface area contributed by atoms with Gasteiger partial charge in [0.25, 0.3) is 11.5 Å². The second kappa shape index (κ2) is 6.90. The fraction of sp³-hybridized carbons (Fsp3) is 0.278. The number of hydrogen-bond acceptors (Lipinski definition) is 5. The molecule has 0 bridgehead atoms. The standard InChI is InChI=1S/C18H19N3O4/c1-11(2)21-18(24)13-7-4-3-6-12(13)16(20-21)17(23)19-14(10-22)15-8-5-9-25-15/h3-9,11,14,22H,10H2,1-2H3,(H,19,23). The number of rotatable bonds is 5. The lowest BCUT2D eigenvalue weighted by atomic mass is 10.1. The molecule has 130 valence electrons. The topological polar surface area (TPSA) is 97.4 Å². The molecule has 0 spiro atoms. The van der Waals surface area contributed by atoms with Crippen molar-refractivity contribution < 1.29 is 14.3 Å². The number of nitrogens with one attached hydrogen (secondary N) is 1. The third-order valence-electron chi connectivity index (χ3n) is 3.91. The minimum Gasteiger partial charge on any atom is -0.467 e. The van der Waals surface area contributed by atoms with E-state index in [1.54, 1.807) is 36.4 Å². The van der Waals surface area contributed by atoms with Crippen LogP contribution in [0, 0.1) is 0 Å². The van der Waals surface area contributed by atoms with E-state index in [2.05, 4.69) is 10.4 Å². The molecule has 2 heterocycles. The highest BCUT2D eigenvalue weighted by molar-refractivity contribution is 6.04. The zero-order valence-corrected chi connectivity index (χ0v) is 14.0. The van der Waals surface area contributed by atoms with Crippen molar-refractivity contribution in [1.29, 1.82) is 0 Å². The number of carbonyl (C=O) groups is 1. The fourth-order valence-corrected chi connectivity index (χ4v) is 2.65. The summed E-state index contributed by atoms with van der Waals surface area (Å²) in [6.07, 6.45) is 1.47. The summed E-state index contributed by atoms with van der Waals surface area (Å²) in [5.41, 5.74) is -0.110. The van der Waals surface area contributed by atoms with Gasteiger partial charge in [-0.2, -0.15) is 5.10 Å². The van der Waals surface area contributed by atoms with Crippen molar-refractivity contribution >= 4 is 16.7 Å². The Kier molecular flexibility index (Phi) is 4.67. The van der Waals surface area contributed by atoms with Gasteiger partial charge >= 0.3 is 0 Å². The zero-order chi connectivity index (χ0) is 18.0. The molecule has 1 unspecified atom stereocenters. The number of fused-ring (bicyclic) bond motifs is 1. The molecule has 0 saturated carbocycles. The minimum absolute atomic E-state index is 0.133. The fourth-order valence-electron chi connectivity index (χ4n) is 2.65. The van der Waals surface area contributed by atoms with Gasteiger partial charge < -0.3 is 14.8 Å². The van der Waals surface area contributed by atoms with Crippen molar-refractivity contribution in [2.75, 3.05) is 6.61 Å². The summed E-state index contributed by atoms with van der Waals surface area (Å²) in [6.45, 7) is 3.33. The molecule has 25 heavy (non-hydrogen) atoms. The molecule has 7 nitrogen and oxygen atoms in total. The molecule has 0 saturated heterocycles. The third-order valence-corrected chi connectivity index (χ3v) is 3.91. The molecule has 7 heteroatoms. The van der Waals surface area contributed by atoms with E-state index in [1.165, 1.54) is 10.9 Å². The summed E-state index contributed by atoms with van der Waals surface area (Å²) >= 11 is 0. The third kappa shape index (κ3) is 3.18. The SMILES string of the molecule is CC(C)n1nc(C(=O)NC(CO)c2ccco2)c2ccccc2c1=O. The van der Waals surface area contributed by atoms with Crippen LogP contribution in [0.3, 0.4) is 0 Å². The summed E-state index contributed by atoms with van der Waals surface area (Å²) in [4.78, 5) is 25.3. The van der Waals surface area contributed by atoms with E-state index in [9.17, 15) is 14.7 Å². The van der Waals surface area contributed by atoms with Crippen LogP contribution in [0.1, 0.15) is 42.2 Å². The van der Waals surface area contributed by atoms with Crippen LogP contribution in [-0.4, -0.2) is 27.4 Å². The maximum absolute atomic E-state index is 12.8. The van der Waals surface area contributed by atoms with Crippen molar-refractivity contribution in [1.82, 2.24) is 15.1 Å². The molecule has 0 aliphatic carbocycles. The number of benzene rings is 1. The van der Waals surface area contributed by atoms with Crippen LogP contribution in [0.4, 0.5) is 0 Å². The summed E-state index contributed by atoms with van der Waals surface area (Å²) in [5.74, 6) is -0.0432. The molecule has 2 aromatic heterocycles. The molecular formula is C18H19N3O4. The lowest BCUT2D eigenvalue weighted by molar-refractivity contribution is 0.0901. The maximum atomic E-state index is 12.8. The van der Waals surface area contributed by atoms with E-state index in [-0.39, 0.29) is 23.9 Å². The van der Waals surface area contributed by atoms with Crippen molar-refractivity contribution in [2.45, 2.75) is 25.9 Å². The molecule has 1 atom stereocenters. The predicted octanol–water partition coefficient (Wildman–Crippen LogP) is 2.03. The van der Waals surface area contributed by atoms with Crippen molar-refractivity contribution in [2.24, 2.45) is 0 Å². The van der Waals surface area contributed by atoms with Crippen LogP contribution in [-0.2, 0) is 0 Å². The van der Waals surface area contributed by atoms with Gasteiger partial charge in [0.1, 0.15) is 11.8 Å². The normalized spacial score (nSPS) is 12.5. The number of hydrogen-bond donors (Lipinski definition) is 2. The first kappa shape index (κ1) is 16.9. The Balaban J connectivity index is 2.06. The number of carbonyl (C=O) groups excluding carboxylic acids is 1. The summed E-state index contributed by atoms with van der Waals surface area (Å²) < 4.78 is 6.53. The van der Waals surface area contributed by atoms with Gasteiger partial charge in [0, 0.05) is 5.39 Å². The Morgan fingerprint density at radius 1 is 1.24 bits per heavy atom. The molecule has 0 radical (unpaired) electrons. The number of amides is 1. The molecule has 3 rings (SSSR count). The first-order chi connectivity index (χ1) is 12.0. The largest absolute Gasteiger partial charge is 0.467 e. The lowest BCUT2D eigenvalue weighted by Gasteiger charge is -2.16. The smallest absolute Gasteiger partial charge is 0.274 e. The average Bonchev–Trinajstić information content (AvgIpc) is 3.14. The number of furan rings is 1. The highest BCUT2D eigenvalue weighted by Crippen LogP contribution is 2.17. The Bertz CT molecular complexity index is 945. The van der Waals surface area contributed by atoms with Gasteiger partial charge in [-0.15, -0.1) is 0 Å². The van der Waals surface area contributed by atoms with Crippen LogP contribution in [0.25, 0.3) is 10.8 Å². The number of aliphatic hydroxyl groups is 1. The van der Waals surface area contributed by atoms with E-state index < -0.39 is 11.9 Å². The monoisotopic (exact) mass is 341 g/mol.